The summed E-state index contributed by atoms with van der Waals surface area (Å²) >= 11 is 0. The maximum atomic E-state index is 10.0. The number of phenolic OH excluding ortho intramolecular Hbond substituents is 1. The van der Waals surface area contributed by atoms with Gasteiger partial charge in [0, 0.05) is 17.9 Å². The summed E-state index contributed by atoms with van der Waals surface area (Å²) in [4.78, 5) is 4.24. The van der Waals surface area contributed by atoms with E-state index in [1.807, 2.05) is 31.3 Å². The van der Waals surface area contributed by atoms with Gasteiger partial charge in [-0.15, -0.1) is 0 Å². The van der Waals surface area contributed by atoms with Gasteiger partial charge in [0.05, 0.1) is 0 Å². The number of rotatable bonds is 4. The Morgan fingerprint density at radius 2 is 2.09 bits per heavy atom. The summed E-state index contributed by atoms with van der Waals surface area (Å²) in [5.41, 5.74) is 4.38. The molecule has 116 valence electrons. The molecular weight excluding hydrogens is 272 g/mol. The highest BCUT2D eigenvalue weighted by Crippen LogP contribution is 2.27. The third-order valence-corrected chi connectivity index (χ3v) is 4.40. The molecular formula is C19H24N2O. The number of aromatic hydroxyl groups is 1. The zero-order valence-electron chi connectivity index (χ0n) is 13.2. The second-order valence-electron chi connectivity index (χ2n) is 6.26. The van der Waals surface area contributed by atoms with Gasteiger partial charge < -0.3 is 10.4 Å². The summed E-state index contributed by atoms with van der Waals surface area (Å²) in [6, 6.07) is 10.6. The molecule has 0 saturated carbocycles. The predicted octanol–water partition coefficient (Wildman–Crippen LogP) is 3.84. The number of benzene rings is 1. The van der Waals surface area contributed by atoms with E-state index in [-0.39, 0.29) is 0 Å². The van der Waals surface area contributed by atoms with Gasteiger partial charge in [-0.25, -0.2) is 0 Å². The number of pyridine rings is 1. The first kappa shape index (κ1) is 15.0. The van der Waals surface area contributed by atoms with Crippen molar-refractivity contribution in [1.82, 2.24) is 10.3 Å². The fraction of sp³-hybridized carbons (Fsp3) is 0.421. The number of piperidine rings is 1. The fourth-order valence-electron chi connectivity index (χ4n) is 3.22. The molecule has 3 rings (SSSR count). The van der Waals surface area contributed by atoms with Crippen LogP contribution < -0.4 is 5.32 Å². The highest BCUT2D eigenvalue weighted by molar-refractivity contribution is 5.66. The Hall–Kier alpha value is -1.87. The van der Waals surface area contributed by atoms with Crippen molar-refractivity contribution in [2.24, 2.45) is 0 Å². The molecule has 1 aromatic carbocycles. The monoisotopic (exact) mass is 296 g/mol. The quantitative estimate of drug-likeness (QED) is 0.901. The summed E-state index contributed by atoms with van der Waals surface area (Å²) in [7, 11) is 0. The molecule has 1 aliphatic rings. The van der Waals surface area contributed by atoms with Crippen LogP contribution >= 0.6 is 0 Å². The molecule has 3 nitrogen and oxygen atoms in total. The molecule has 1 saturated heterocycles. The Bertz CT molecular complexity index is 633. The molecule has 0 unspecified atom stereocenters. The summed E-state index contributed by atoms with van der Waals surface area (Å²) < 4.78 is 0. The normalized spacial score (nSPS) is 18.3. The minimum atomic E-state index is 0.346. The molecule has 1 atom stereocenters. The lowest BCUT2D eigenvalue weighted by atomic mass is 9.96. The Morgan fingerprint density at radius 1 is 1.18 bits per heavy atom. The zero-order valence-corrected chi connectivity index (χ0v) is 13.2. The summed E-state index contributed by atoms with van der Waals surface area (Å²) in [6.07, 6.45) is 7.87. The number of nitrogens with one attached hydrogen (secondary N) is 1. The third-order valence-electron chi connectivity index (χ3n) is 4.40. The molecule has 0 amide bonds. The Morgan fingerprint density at radius 3 is 2.86 bits per heavy atom. The largest absolute Gasteiger partial charge is 0.508 e. The lowest BCUT2D eigenvalue weighted by Crippen LogP contribution is -2.34. The molecule has 1 fully saturated rings. The molecule has 2 aromatic rings. The number of phenols is 1. The van der Waals surface area contributed by atoms with Crippen molar-refractivity contribution in [3.05, 3.63) is 47.8 Å². The molecule has 0 spiro atoms. The Labute approximate surface area is 132 Å². The number of nitrogens with zero attached hydrogens (tertiary/aromatic N) is 1. The topological polar surface area (TPSA) is 45.1 Å². The molecule has 0 aliphatic carbocycles. The van der Waals surface area contributed by atoms with Crippen LogP contribution in [-0.4, -0.2) is 22.7 Å². The van der Waals surface area contributed by atoms with E-state index in [0.29, 0.717) is 11.8 Å². The highest BCUT2D eigenvalue weighted by atomic mass is 16.3. The van der Waals surface area contributed by atoms with E-state index in [1.165, 1.54) is 24.8 Å². The first-order chi connectivity index (χ1) is 10.7. The van der Waals surface area contributed by atoms with Gasteiger partial charge >= 0.3 is 0 Å². The molecule has 1 aliphatic heterocycles. The minimum absolute atomic E-state index is 0.346. The van der Waals surface area contributed by atoms with Gasteiger partial charge in [0.15, 0.2) is 0 Å². The van der Waals surface area contributed by atoms with Gasteiger partial charge in [0.1, 0.15) is 5.75 Å². The molecule has 1 aromatic heterocycles. The third kappa shape index (κ3) is 3.86. The van der Waals surface area contributed by atoms with Crippen molar-refractivity contribution in [3.8, 4) is 16.9 Å². The highest BCUT2D eigenvalue weighted by Gasteiger charge is 2.12. The SMILES string of the molecule is Cc1cc(-c2cc(O)cc(CC[C@H]3CCCCN3)c2)ccn1. The number of aromatic nitrogens is 1. The van der Waals surface area contributed by atoms with Crippen LogP contribution in [0, 0.1) is 6.92 Å². The van der Waals surface area contributed by atoms with Crippen molar-refractivity contribution in [3.63, 3.8) is 0 Å². The van der Waals surface area contributed by atoms with Crippen molar-refractivity contribution in [1.29, 1.82) is 0 Å². The Balaban J connectivity index is 1.74. The second kappa shape index (κ2) is 6.93. The van der Waals surface area contributed by atoms with Gasteiger partial charge in [0.25, 0.3) is 0 Å². The maximum absolute atomic E-state index is 10.0. The number of hydrogen-bond donors (Lipinski definition) is 2. The summed E-state index contributed by atoms with van der Waals surface area (Å²) in [5, 5.41) is 13.6. The van der Waals surface area contributed by atoms with Gasteiger partial charge in [-0.05, 0) is 80.1 Å². The van der Waals surface area contributed by atoms with Gasteiger partial charge in [0.2, 0.25) is 0 Å². The van der Waals surface area contributed by atoms with Crippen molar-refractivity contribution >= 4 is 0 Å². The van der Waals surface area contributed by atoms with E-state index in [2.05, 4.69) is 22.4 Å². The molecule has 2 heterocycles. The lowest BCUT2D eigenvalue weighted by Gasteiger charge is -2.23. The van der Waals surface area contributed by atoms with E-state index in [4.69, 9.17) is 0 Å². The first-order valence-corrected chi connectivity index (χ1v) is 8.20. The van der Waals surface area contributed by atoms with Crippen LogP contribution in [0.5, 0.6) is 5.75 Å². The lowest BCUT2D eigenvalue weighted by molar-refractivity contribution is 0.382. The van der Waals surface area contributed by atoms with Gasteiger partial charge in [-0.3, -0.25) is 4.98 Å². The molecule has 3 heteroatoms. The second-order valence-corrected chi connectivity index (χ2v) is 6.26. The number of aryl methyl sites for hydroxylation is 2. The first-order valence-electron chi connectivity index (χ1n) is 8.20. The number of hydrogen-bond acceptors (Lipinski definition) is 3. The summed E-state index contributed by atoms with van der Waals surface area (Å²) in [6.45, 7) is 3.13. The average Bonchev–Trinajstić information content (AvgIpc) is 2.53. The van der Waals surface area contributed by atoms with Crippen LogP contribution in [0.1, 0.15) is 36.9 Å². The van der Waals surface area contributed by atoms with Crippen LogP contribution in [0.15, 0.2) is 36.5 Å². The molecule has 0 radical (unpaired) electrons. The van der Waals surface area contributed by atoms with Crippen LogP contribution in [0.4, 0.5) is 0 Å². The minimum Gasteiger partial charge on any atom is -0.508 e. The van der Waals surface area contributed by atoms with Gasteiger partial charge in [-0.2, -0.15) is 0 Å². The van der Waals surface area contributed by atoms with Gasteiger partial charge in [-0.1, -0.05) is 12.5 Å². The molecule has 0 bridgehead atoms. The van der Waals surface area contributed by atoms with E-state index in [1.54, 1.807) is 0 Å². The van der Waals surface area contributed by atoms with E-state index >= 15 is 0 Å². The maximum Gasteiger partial charge on any atom is 0.116 e. The van der Waals surface area contributed by atoms with Crippen LogP contribution in [0.25, 0.3) is 11.1 Å². The standard InChI is InChI=1S/C19H24N2O/c1-14-10-16(7-9-20-14)17-11-15(12-19(22)13-17)5-6-18-4-2-3-8-21-18/h7,9-13,18,21-22H,2-6,8H2,1H3/t18-/m1/s1. The van der Waals surface area contributed by atoms with Crippen LogP contribution in [0.2, 0.25) is 0 Å². The van der Waals surface area contributed by atoms with E-state index < -0.39 is 0 Å². The zero-order chi connectivity index (χ0) is 15.4. The van der Waals surface area contributed by atoms with Crippen molar-refractivity contribution < 1.29 is 5.11 Å². The van der Waals surface area contributed by atoms with Crippen molar-refractivity contribution in [2.45, 2.75) is 45.1 Å². The van der Waals surface area contributed by atoms with E-state index in [9.17, 15) is 5.11 Å². The van der Waals surface area contributed by atoms with Crippen LogP contribution in [0.3, 0.4) is 0 Å². The smallest absolute Gasteiger partial charge is 0.116 e. The Kier molecular flexibility index (Phi) is 4.74. The summed E-state index contributed by atoms with van der Waals surface area (Å²) in [5.74, 6) is 0.346. The van der Waals surface area contributed by atoms with E-state index in [0.717, 1.165) is 36.2 Å². The van der Waals surface area contributed by atoms with Crippen LogP contribution in [-0.2, 0) is 6.42 Å². The predicted molar refractivity (Wildman–Crippen MR) is 90.0 cm³/mol. The molecule has 22 heavy (non-hydrogen) atoms. The van der Waals surface area contributed by atoms with Crippen molar-refractivity contribution in [2.75, 3.05) is 6.54 Å². The fourth-order valence-corrected chi connectivity index (χ4v) is 3.22. The molecule has 2 N–H and O–H groups in total. The average molecular weight is 296 g/mol.